The van der Waals surface area contributed by atoms with E-state index in [9.17, 15) is 9.90 Å². The SMILES string of the molecule is Cc1ccc(C(=O)Nc2ccc(O)c(-c3nc4ccccc4o3)c2)cc1. The highest BCUT2D eigenvalue weighted by Gasteiger charge is 2.14. The van der Waals surface area contributed by atoms with E-state index in [0.717, 1.165) is 5.56 Å². The molecule has 5 nitrogen and oxygen atoms in total. The molecule has 0 aliphatic rings. The number of rotatable bonds is 3. The zero-order valence-electron chi connectivity index (χ0n) is 14.1. The first-order valence-corrected chi connectivity index (χ1v) is 8.17. The van der Waals surface area contributed by atoms with E-state index in [1.165, 1.54) is 6.07 Å². The number of phenolic OH excluding ortho intramolecular Hbond substituents is 1. The molecule has 0 atom stereocenters. The number of aromatic hydroxyl groups is 1. The highest BCUT2D eigenvalue weighted by molar-refractivity contribution is 6.04. The van der Waals surface area contributed by atoms with Gasteiger partial charge in [0.05, 0.1) is 5.56 Å². The molecule has 0 aliphatic heterocycles. The van der Waals surface area contributed by atoms with Crippen LogP contribution in [-0.2, 0) is 0 Å². The Hall–Kier alpha value is -3.60. The number of para-hydroxylation sites is 2. The van der Waals surface area contributed by atoms with E-state index in [0.29, 0.717) is 33.8 Å². The molecule has 4 rings (SSSR count). The lowest BCUT2D eigenvalue weighted by Crippen LogP contribution is -2.11. The van der Waals surface area contributed by atoms with Gasteiger partial charge in [0.1, 0.15) is 11.3 Å². The van der Waals surface area contributed by atoms with E-state index in [1.807, 2.05) is 43.3 Å². The minimum atomic E-state index is -0.223. The number of anilines is 1. The Bertz CT molecular complexity index is 1060. The number of carbonyl (C=O) groups is 1. The van der Waals surface area contributed by atoms with Gasteiger partial charge in [-0.15, -0.1) is 0 Å². The highest BCUT2D eigenvalue weighted by atomic mass is 16.3. The number of aromatic nitrogens is 1. The maximum Gasteiger partial charge on any atom is 0.255 e. The lowest BCUT2D eigenvalue weighted by molar-refractivity contribution is 0.102. The third kappa shape index (κ3) is 3.02. The van der Waals surface area contributed by atoms with Gasteiger partial charge < -0.3 is 14.8 Å². The summed E-state index contributed by atoms with van der Waals surface area (Å²) in [6.45, 7) is 1.97. The number of hydrogen-bond donors (Lipinski definition) is 2. The molecule has 26 heavy (non-hydrogen) atoms. The quantitative estimate of drug-likeness (QED) is 0.525. The Morgan fingerprint density at radius 3 is 2.58 bits per heavy atom. The molecule has 128 valence electrons. The van der Waals surface area contributed by atoms with Gasteiger partial charge >= 0.3 is 0 Å². The Kier molecular flexibility index (Phi) is 3.89. The molecule has 3 aromatic carbocycles. The van der Waals surface area contributed by atoms with Crippen LogP contribution in [0.4, 0.5) is 5.69 Å². The number of amides is 1. The van der Waals surface area contributed by atoms with Crippen LogP contribution >= 0.6 is 0 Å². The van der Waals surface area contributed by atoms with Crippen LogP contribution in [0.15, 0.2) is 71.1 Å². The predicted octanol–water partition coefficient (Wildman–Crippen LogP) is 4.76. The van der Waals surface area contributed by atoms with Crippen molar-refractivity contribution in [1.29, 1.82) is 0 Å². The first-order valence-electron chi connectivity index (χ1n) is 8.17. The number of nitrogens with zero attached hydrogens (tertiary/aromatic N) is 1. The highest BCUT2D eigenvalue weighted by Crippen LogP contribution is 2.33. The first-order chi connectivity index (χ1) is 12.6. The molecule has 2 N–H and O–H groups in total. The Morgan fingerprint density at radius 2 is 1.81 bits per heavy atom. The van der Waals surface area contributed by atoms with Gasteiger partial charge in [-0.05, 0) is 49.4 Å². The van der Waals surface area contributed by atoms with Crippen molar-refractivity contribution < 1.29 is 14.3 Å². The van der Waals surface area contributed by atoms with Crippen molar-refractivity contribution in [2.75, 3.05) is 5.32 Å². The number of fused-ring (bicyclic) bond motifs is 1. The van der Waals surface area contributed by atoms with Gasteiger partial charge in [0, 0.05) is 11.3 Å². The van der Waals surface area contributed by atoms with Gasteiger partial charge in [-0.2, -0.15) is 0 Å². The molecule has 4 aromatic rings. The molecule has 0 unspecified atom stereocenters. The summed E-state index contributed by atoms with van der Waals surface area (Å²) in [6, 6.07) is 19.5. The van der Waals surface area contributed by atoms with Crippen LogP contribution in [0.25, 0.3) is 22.6 Å². The first kappa shape index (κ1) is 15.9. The number of oxazole rings is 1. The third-order valence-electron chi connectivity index (χ3n) is 4.09. The molecule has 0 radical (unpaired) electrons. The van der Waals surface area contributed by atoms with E-state index < -0.39 is 0 Å². The van der Waals surface area contributed by atoms with Crippen molar-refractivity contribution in [2.45, 2.75) is 6.92 Å². The van der Waals surface area contributed by atoms with Crippen molar-refractivity contribution in [3.63, 3.8) is 0 Å². The Balaban J connectivity index is 1.65. The topological polar surface area (TPSA) is 75.4 Å². The van der Waals surface area contributed by atoms with Gasteiger partial charge in [-0.3, -0.25) is 4.79 Å². The second-order valence-corrected chi connectivity index (χ2v) is 6.04. The van der Waals surface area contributed by atoms with E-state index in [2.05, 4.69) is 10.3 Å². The summed E-state index contributed by atoms with van der Waals surface area (Å²) in [6.07, 6.45) is 0. The number of phenols is 1. The van der Waals surface area contributed by atoms with Crippen molar-refractivity contribution in [3.8, 4) is 17.2 Å². The average Bonchev–Trinajstić information content (AvgIpc) is 3.07. The average molecular weight is 344 g/mol. The Labute approximate surface area is 149 Å². The third-order valence-corrected chi connectivity index (χ3v) is 4.09. The summed E-state index contributed by atoms with van der Waals surface area (Å²) < 4.78 is 5.71. The fourth-order valence-electron chi connectivity index (χ4n) is 2.68. The van der Waals surface area contributed by atoms with Crippen LogP contribution in [-0.4, -0.2) is 16.0 Å². The summed E-state index contributed by atoms with van der Waals surface area (Å²) in [5.74, 6) is 0.110. The molecule has 0 saturated carbocycles. The van der Waals surface area contributed by atoms with Crippen LogP contribution < -0.4 is 5.32 Å². The molecular weight excluding hydrogens is 328 g/mol. The van der Waals surface area contributed by atoms with E-state index in [-0.39, 0.29) is 11.7 Å². The molecule has 0 saturated heterocycles. The van der Waals surface area contributed by atoms with Crippen molar-refractivity contribution in [2.24, 2.45) is 0 Å². The van der Waals surface area contributed by atoms with Crippen LogP contribution in [0.3, 0.4) is 0 Å². The van der Waals surface area contributed by atoms with E-state index in [4.69, 9.17) is 4.42 Å². The fourth-order valence-corrected chi connectivity index (χ4v) is 2.68. The van der Waals surface area contributed by atoms with Crippen molar-refractivity contribution in [3.05, 3.63) is 77.9 Å². The lowest BCUT2D eigenvalue weighted by Gasteiger charge is -2.08. The summed E-state index contributed by atoms with van der Waals surface area (Å²) in [5, 5.41) is 13.0. The molecular formula is C21H16N2O3. The molecule has 0 fully saturated rings. The minimum Gasteiger partial charge on any atom is -0.507 e. The number of carbonyl (C=O) groups excluding carboxylic acids is 1. The summed E-state index contributed by atoms with van der Waals surface area (Å²) >= 11 is 0. The maximum atomic E-state index is 12.4. The Morgan fingerprint density at radius 1 is 1.04 bits per heavy atom. The van der Waals surface area contributed by atoms with Crippen LogP contribution in [0.1, 0.15) is 15.9 Å². The maximum absolute atomic E-state index is 12.4. The molecule has 5 heteroatoms. The second-order valence-electron chi connectivity index (χ2n) is 6.04. The molecule has 1 amide bonds. The van der Waals surface area contributed by atoms with Crippen molar-refractivity contribution >= 4 is 22.7 Å². The minimum absolute atomic E-state index is 0.0323. The second kappa shape index (κ2) is 6.37. The predicted molar refractivity (Wildman–Crippen MR) is 100 cm³/mol. The standard InChI is InChI=1S/C21H16N2O3/c1-13-6-8-14(9-7-13)20(25)22-15-10-11-18(24)16(12-15)21-23-17-4-2-3-5-19(17)26-21/h2-12,24H,1H3,(H,22,25). The summed E-state index contributed by atoms with van der Waals surface area (Å²) in [5.41, 5.74) is 3.96. The summed E-state index contributed by atoms with van der Waals surface area (Å²) in [4.78, 5) is 16.8. The number of nitrogens with one attached hydrogen (secondary N) is 1. The fraction of sp³-hybridized carbons (Fsp3) is 0.0476. The molecule has 1 heterocycles. The van der Waals surface area contributed by atoms with Crippen LogP contribution in [0.5, 0.6) is 5.75 Å². The van der Waals surface area contributed by atoms with Gasteiger partial charge in [0.25, 0.3) is 5.91 Å². The number of aryl methyl sites for hydroxylation is 1. The van der Waals surface area contributed by atoms with Gasteiger partial charge in [0.15, 0.2) is 5.58 Å². The smallest absolute Gasteiger partial charge is 0.255 e. The largest absolute Gasteiger partial charge is 0.507 e. The summed E-state index contributed by atoms with van der Waals surface area (Å²) in [7, 11) is 0. The normalized spacial score (nSPS) is 10.8. The number of benzene rings is 3. The monoisotopic (exact) mass is 344 g/mol. The number of hydrogen-bond acceptors (Lipinski definition) is 4. The van der Waals surface area contributed by atoms with Crippen LogP contribution in [0, 0.1) is 6.92 Å². The van der Waals surface area contributed by atoms with Gasteiger partial charge in [-0.25, -0.2) is 4.98 Å². The van der Waals surface area contributed by atoms with Gasteiger partial charge in [0.2, 0.25) is 5.89 Å². The van der Waals surface area contributed by atoms with Gasteiger partial charge in [-0.1, -0.05) is 29.8 Å². The van der Waals surface area contributed by atoms with Crippen LogP contribution in [0.2, 0.25) is 0 Å². The molecule has 0 spiro atoms. The van der Waals surface area contributed by atoms with E-state index in [1.54, 1.807) is 24.3 Å². The molecule has 0 aliphatic carbocycles. The van der Waals surface area contributed by atoms with E-state index >= 15 is 0 Å². The van der Waals surface area contributed by atoms with Crippen molar-refractivity contribution in [1.82, 2.24) is 4.98 Å². The zero-order chi connectivity index (χ0) is 18.1. The zero-order valence-corrected chi connectivity index (χ0v) is 14.1. The lowest BCUT2D eigenvalue weighted by atomic mass is 10.1. The molecule has 1 aromatic heterocycles. The molecule has 0 bridgehead atoms.